The fraction of sp³-hybridized carbons (Fsp3) is 0.450. The van der Waals surface area contributed by atoms with Gasteiger partial charge in [-0.15, -0.1) is 0 Å². The molecule has 0 saturated carbocycles. The third kappa shape index (κ3) is 5.10. The molecule has 3 rings (SSSR count). The van der Waals surface area contributed by atoms with E-state index in [1.165, 1.54) is 0 Å². The van der Waals surface area contributed by atoms with E-state index in [0.29, 0.717) is 39.1 Å². The minimum atomic E-state index is -0.218. The van der Waals surface area contributed by atoms with Gasteiger partial charge in [0.15, 0.2) is 0 Å². The highest BCUT2D eigenvalue weighted by Crippen LogP contribution is 2.21. The van der Waals surface area contributed by atoms with Crippen molar-refractivity contribution in [2.45, 2.75) is 32.5 Å². The second-order valence-electron chi connectivity index (χ2n) is 6.90. The molecule has 8 heteroatoms. The Morgan fingerprint density at radius 2 is 2.21 bits per heavy atom. The molecule has 0 aliphatic carbocycles. The van der Waals surface area contributed by atoms with Crippen LogP contribution in [0.3, 0.4) is 0 Å². The number of piperidine rings is 1. The molecule has 2 amide bonds. The number of H-pyrrole nitrogens is 1. The molecule has 8 nitrogen and oxygen atoms in total. The van der Waals surface area contributed by atoms with Crippen molar-refractivity contribution in [1.82, 2.24) is 20.4 Å². The summed E-state index contributed by atoms with van der Waals surface area (Å²) in [6.07, 6.45) is 0.946. The summed E-state index contributed by atoms with van der Waals surface area (Å²) in [5.74, 6) is 0.559. The van der Waals surface area contributed by atoms with Crippen molar-refractivity contribution in [3.05, 3.63) is 47.3 Å². The number of hydrogen-bond acceptors (Lipinski definition) is 5. The number of carbonyl (C=O) groups is 2. The van der Waals surface area contributed by atoms with Crippen molar-refractivity contribution in [3.63, 3.8) is 0 Å². The van der Waals surface area contributed by atoms with Crippen LogP contribution in [0, 0.1) is 5.92 Å². The van der Waals surface area contributed by atoms with Gasteiger partial charge in [0.2, 0.25) is 11.8 Å². The van der Waals surface area contributed by atoms with Crippen LogP contribution in [0.5, 0.6) is 5.75 Å². The molecule has 1 aromatic carbocycles. The maximum atomic E-state index is 12.6. The number of benzene rings is 1. The van der Waals surface area contributed by atoms with Crippen LogP contribution in [-0.2, 0) is 34.0 Å². The maximum Gasteiger partial charge on any atom is 0.225 e. The summed E-state index contributed by atoms with van der Waals surface area (Å²) in [5.41, 5.74) is 2.59. The second-order valence-corrected chi connectivity index (χ2v) is 6.90. The van der Waals surface area contributed by atoms with E-state index >= 15 is 0 Å². The molecule has 1 aromatic heterocycles. The Morgan fingerprint density at radius 3 is 3.00 bits per heavy atom. The third-order valence-corrected chi connectivity index (χ3v) is 4.81. The van der Waals surface area contributed by atoms with Crippen LogP contribution in [0.4, 0.5) is 0 Å². The minimum Gasteiger partial charge on any atom is -0.497 e. The Morgan fingerprint density at radius 1 is 1.36 bits per heavy atom. The average Bonchev–Trinajstić information content (AvgIpc) is 3.16. The topological polar surface area (TPSA) is 96.5 Å². The smallest absolute Gasteiger partial charge is 0.225 e. The number of aromatic amines is 1. The maximum absolute atomic E-state index is 12.6. The molecular weight excluding hydrogens is 360 g/mol. The Bertz CT molecular complexity index is 820. The van der Waals surface area contributed by atoms with Crippen molar-refractivity contribution in [2.24, 2.45) is 5.92 Å². The molecular formula is C20H26N4O4. The lowest BCUT2D eigenvalue weighted by atomic mass is 9.96. The summed E-state index contributed by atoms with van der Waals surface area (Å²) in [6.45, 7) is 1.69. The van der Waals surface area contributed by atoms with E-state index in [4.69, 9.17) is 9.47 Å². The quantitative estimate of drug-likeness (QED) is 0.719. The number of aromatic nitrogens is 2. The largest absolute Gasteiger partial charge is 0.497 e. The van der Waals surface area contributed by atoms with Gasteiger partial charge in [-0.1, -0.05) is 12.1 Å². The van der Waals surface area contributed by atoms with Crippen LogP contribution >= 0.6 is 0 Å². The van der Waals surface area contributed by atoms with E-state index in [9.17, 15) is 9.59 Å². The Balaban J connectivity index is 1.55. The van der Waals surface area contributed by atoms with Crippen LogP contribution in [0.1, 0.15) is 29.8 Å². The second kappa shape index (κ2) is 9.36. The Labute approximate surface area is 164 Å². The first kappa shape index (κ1) is 19.9. The fourth-order valence-electron chi connectivity index (χ4n) is 3.32. The summed E-state index contributed by atoms with van der Waals surface area (Å²) in [4.78, 5) is 26.6. The number of amides is 2. The molecule has 1 aliphatic heterocycles. The number of rotatable bonds is 8. The summed E-state index contributed by atoms with van der Waals surface area (Å²) in [7, 11) is 3.22. The van der Waals surface area contributed by atoms with Gasteiger partial charge in [0.05, 0.1) is 37.6 Å². The number of hydrogen-bond donors (Lipinski definition) is 2. The highest BCUT2D eigenvalue weighted by Gasteiger charge is 2.30. The SMILES string of the molecule is COCc1cc(CNC(=O)[C@H]2CCC(=O)N(Cc3cccc(OC)c3)C2)[nH]n1. The van der Waals surface area contributed by atoms with Gasteiger partial charge >= 0.3 is 0 Å². The molecule has 1 atom stereocenters. The third-order valence-electron chi connectivity index (χ3n) is 4.81. The lowest BCUT2D eigenvalue weighted by Crippen LogP contribution is -2.45. The van der Waals surface area contributed by atoms with E-state index in [2.05, 4.69) is 15.5 Å². The predicted molar refractivity (Wildman–Crippen MR) is 102 cm³/mol. The van der Waals surface area contributed by atoms with Crippen LogP contribution in [0.2, 0.25) is 0 Å². The molecule has 2 aromatic rings. The van der Waals surface area contributed by atoms with Crippen LogP contribution in [0.25, 0.3) is 0 Å². The highest BCUT2D eigenvalue weighted by molar-refractivity contribution is 5.83. The number of carbonyl (C=O) groups excluding carboxylic acids is 2. The molecule has 2 heterocycles. The fourth-order valence-corrected chi connectivity index (χ4v) is 3.32. The molecule has 1 aliphatic rings. The lowest BCUT2D eigenvalue weighted by molar-refractivity contribution is -0.139. The molecule has 150 valence electrons. The minimum absolute atomic E-state index is 0.0500. The summed E-state index contributed by atoms with van der Waals surface area (Å²) >= 11 is 0. The molecule has 1 fully saturated rings. The molecule has 2 N–H and O–H groups in total. The van der Waals surface area contributed by atoms with Crippen LogP contribution < -0.4 is 10.1 Å². The van der Waals surface area contributed by atoms with Crippen molar-refractivity contribution < 1.29 is 19.1 Å². The van der Waals surface area contributed by atoms with E-state index < -0.39 is 0 Å². The first-order valence-corrected chi connectivity index (χ1v) is 9.29. The summed E-state index contributed by atoms with van der Waals surface area (Å²) in [6, 6.07) is 9.49. The molecule has 0 radical (unpaired) electrons. The van der Waals surface area contributed by atoms with Crippen LogP contribution in [-0.4, -0.2) is 47.7 Å². The van der Waals surface area contributed by atoms with Gasteiger partial charge in [-0.05, 0) is 30.2 Å². The van der Waals surface area contributed by atoms with Gasteiger partial charge in [-0.2, -0.15) is 5.10 Å². The molecule has 0 spiro atoms. The molecule has 1 saturated heterocycles. The Hall–Kier alpha value is -2.87. The number of nitrogens with one attached hydrogen (secondary N) is 2. The average molecular weight is 386 g/mol. The van der Waals surface area contributed by atoms with Gasteiger partial charge < -0.3 is 19.7 Å². The lowest BCUT2D eigenvalue weighted by Gasteiger charge is -2.32. The zero-order chi connectivity index (χ0) is 19.9. The Kier molecular flexibility index (Phi) is 6.65. The van der Waals surface area contributed by atoms with E-state index in [1.54, 1.807) is 19.1 Å². The summed E-state index contributed by atoms with van der Waals surface area (Å²) in [5, 5.41) is 9.93. The first-order valence-electron chi connectivity index (χ1n) is 9.29. The van der Waals surface area contributed by atoms with Gasteiger partial charge in [-0.25, -0.2) is 0 Å². The van der Waals surface area contributed by atoms with E-state index in [0.717, 1.165) is 22.7 Å². The zero-order valence-electron chi connectivity index (χ0n) is 16.2. The van der Waals surface area contributed by atoms with Gasteiger partial charge in [0.1, 0.15) is 5.75 Å². The van der Waals surface area contributed by atoms with Crippen LogP contribution in [0.15, 0.2) is 30.3 Å². The van der Waals surface area contributed by atoms with E-state index in [1.807, 2.05) is 30.3 Å². The number of ether oxygens (including phenoxy) is 2. The van der Waals surface area contributed by atoms with Crippen molar-refractivity contribution in [2.75, 3.05) is 20.8 Å². The van der Waals surface area contributed by atoms with Gasteiger partial charge in [-0.3, -0.25) is 14.7 Å². The predicted octanol–water partition coefficient (Wildman–Crippen LogP) is 1.62. The summed E-state index contributed by atoms with van der Waals surface area (Å²) < 4.78 is 10.3. The standard InChI is InChI=1S/C20H26N4O4/c1-27-13-17-9-16(22-23-17)10-21-20(26)15-6-7-19(25)24(12-15)11-14-4-3-5-18(8-14)28-2/h3-5,8-9,15H,6-7,10-13H2,1-2H3,(H,21,26)(H,22,23)/t15-/m0/s1. The van der Waals surface area contributed by atoms with E-state index in [-0.39, 0.29) is 17.7 Å². The first-order chi connectivity index (χ1) is 13.6. The van der Waals surface area contributed by atoms with Gasteiger partial charge in [0.25, 0.3) is 0 Å². The molecule has 0 unspecified atom stereocenters. The van der Waals surface area contributed by atoms with Gasteiger partial charge in [0, 0.05) is 26.6 Å². The molecule has 28 heavy (non-hydrogen) atoms. The zero-order valence-corrected chi connectivity index (χ0v) is 16.2. The molecule has 0 bridgehead atoms. The monoisotopic (exact) mass is 386 g/mol. The van der Waals surface area contributed by atoms with Crippen molar-refractivity contribution in [3.8, 4) is 5.75 Å². The number of methoxy groups -OCH3 is 2. The highest BCUT2D eigenvalue weighted by atomic mass is 16.5. The number of likely N-dealkylation sites (tertiary alicyclic amines) is 1. The van der Waals surface area contributed by atoms with Crippen molar-refractivity contribution in [1.29, 1.82) is 0 Å². The normalized spacial score (nSPS) is 16.9. The number of nitrogens with zero attached hydrogens (tertiary/aromatic N) is 2. The van der Waals surface area contributed by atoms with Crippen molar-refractivity contribution >= 4 is 11.8 Å².